The van der Waals surface area contributed by atoms with Crippen LogP contribution in [-0.2, 0) is 10.8 Å². The molecule has 1 aromatic rings. The summed E-state index contributed by atoms with van der Waals surface area (Å²) in [7, 11) is 0. The van der Waals surface area contributed by atoms with Crippen LogP contribution in [0.3, 0.4) is 0 Å². The maximum absolute atomic E-state index is 10.3. The summed E-state index contributed by atoms with van der Waals surface area (Å²) < 4.78 is 0. The molecule has 1 rings (SSSR count). The molecule has 0 aliphatic heterocycles. The summed E-state index contributed by atoms with van der Waals surface area (Å²) in [6.45, 7) is 15.0. The molecule has 0 saturated carbocycles. The summed E-state index contributed by atoms with van der Waals surface area (Å²) in [6, 6.07) is 6.16. The maximum atomic E-state index is 10.3. The van der Waals surface area contributed by atoms with Gasteiger partial charge < -0.3 is 10.8 Å². The van der Waals surface area contributed by atoms with Crippen LogP contribution >= 0.6 is 0 Å². The standard InChI is InChI=1S/C17H29NO/c1-11(18)15(19)12-8-13(16(2,3)4)10-14(9-12)17(5,6)7/h8-11,15,19H,18H2,1-7H3/t11-,15-/m1/s1. The summed E-state index contributed by atoms with van der Waals surface area (Å²) in [5.74, 6) is 0. The zero-order valence-corrected chi connectivity index (χ0v) is 13.4. The molecule has 0 bridgehead atoms. The maximum Gasteiger partial charge on any atom is 0.0938 e. The van der Waals surface area contributed by atoms with Crippen molar-refractivity contribution in [3.8, 4) is 0 Å². The molecule has 1 aromatic carbocycles. The average Bonchev–Trinajstić information content (AvgIpc) is 2.24. The number of rotatable bonds is 2. The first-order valence-corrected chi connectivity index (χ1v) is 7.02. The van der Waals surface area contributed by atoms with Crippen LogP contribution in [0.15, 0.2) is 18.2 Å². The van der Waals surface area contributed by atoms with E-state index in [9.17, 15) is 5.11 Å². The Hall–Kier alpha value is -0.860. The SMILES string of the molecule is C[C@@H](N)[C@@H](O)c1cc(C(C)(C)C)cc(C(C)(C)C)c1. The number of benzene rings is 1. The molecule has 0 spiro atoms. The van der Waals surface area contributed by atoms with Crippen LogP contribution < -0.4 is 5.73 Å². The van der Waals surface area contributed by atoms with Gasteiger partial charge in [0.15, 0.2) is 0 Å². The monoisotopic (exact) mass is 263 g/mol. The van der Waals surface area contributed by atoms with E-state index >= 15 is 0 Å². The normalized spacial score (nSPS) is 16.3. The molecule has 0 radical (unpaired) electrons. The number of aliphatic hydroxyl groups excluding tert-OH is 1. The summed E-state index contributed by atoms with van der Waals surface area (Å²) in [4.78, 5) is 0. The van der Waals surface area contributed by atoms with Crippen LogP contribution in [0.4, 0.5) is 0 Å². The van der Waals surface area contributed by atoms with Crippen LogP contribution in [-0.4, -0.2) is 11.1 Å². The van der Waals surface area contributed by atoms with Gasteiger partial charge in [0, 0.05) is 6.04 Å². The Morgan fingerprint density at radius 3 is 1.53 bits per heavy atom. The Kier molecular flexibility index (Phi) is 4.48. The van der Waals surface area contributed by atoms with Gasteiger partial charge in [0.05, 0.1) is 6.10 Å². The number of aliphatic hydroxyl groups is 1. The molecule has 0 amide bonds. The highest BCUT2D eigenvalue weighted by molar-refractivity contribution is 5.38. The van der Waals surface area contributed by atoms with Crippen molar-refractivity contribution in [3.05, 3.63) is 34.9 Å². The Morgan fingerprint density at radius 2 is 1.26 bits per heavy atom. The van der Waals surface area contributed by atoms with Gasteiger partial charge >= 0.3 is 0 Å². The third-order valence-corrected chi connectivity index (χ3v) is 3.53. The molecule has 0 aliphatic carbocycles. The minimum absolute atomic E-state index is 0.0631. The van der Waals surface area contributed by atoms with Crippen LogP contribution in [0.25, 0.3) is 0 Å². The molecular weight excluding hydrogens is 234 g/mol. The van der Waals surface area contributed by atoms with Crippen LogP contribution in [0.5, 0.6) is 0 Å². The van der Waals surface area contributed by atoms with E-state index in [1.165, 1.54) is 11.1 Å². The molecule has 0 unspecified atom stereocenters. The van der Waals surface area contributed by atoms with Crippen molar-refractivity contribution in [2.45, 2.75) is 71.4 Å². The minimum atomic E-state index is -0.608. The van der Waals surface area contributed by atoms with E-state index in [2.05, 4.69) is 59.7 Å². The summed E-state index contributed by atoms with van der Waals surface area (Å²) in [5, 5.41) is 10.3. The van der Waals surface area contributed by atoms with Gasteiger partial charge in [-0.25, -0.2) is 0 Å². The predicted molar refractivity (Wildman–Crippen MR) is 82.5 cm³/mol. The third kappa shape index (κ3) is 4.05. The van der Waals surface area contributed by atoms with E-state index < -0.39 is 6.10 Å². The van der Waals surface area contributed by atoms with E-state index in [1.54, 1.807) is 0 Å². The zero-order valence-electron chi connectivity index (χ0n) is 13.4. The summed E-state index contributed by atoms with van der Waals surface area (Å²) in [5.41, 5.74) is 9.38. The van der Waals surface area contributed by atoms with Crippen molar-refractivity contribution in [3.63, 3.8) is 0 Å². The van der Waals surface area contributed by atoms with E-state index in [4.69, 9.17) is 5.73 Å². The lowest BCUT2D eigenvalue weighted by molar-refractivity contribution is 0.153. The highest BCUT2D eigenvalue weighted by Crippen LogP contribution is 2.32. The molecule has 2 atom stereocenters. The molecule has 19 heavy (non-hydrogen) atoms. The number of hydrogen-bond donors (Lipinski definition) is 2. The molecule has 2 heteroatoms. The second-order valence-electron chi connectivity index (χ2n) is 7.65. The summed E-state index contributed by atoms with van der Waals surface area (Å²) in [6.07, 6.45) is -0.608. The van der Waals surface area contributed by atoms with E-state index in [1.807, 2.05) is 6.92 Å². The lowest BCUT2D eigenvalue weighted by atomic mass is 9.79. The van der Waals surface area contributed by atoms with Crippen molar-refractivity contribution in [2.75, 3.05) is 0 Å². The molecule has 0 aliphatic rings. The van der Waals surface area contributed by atoms with E-state index in [0.717, 1.165) is 5.56 Å². The fourth-order valence-electron chi connectivity index (χ4n) is 1.99. The predicted octanol–water partition coefficient (Wildman–Crippen LogP) is 3.66. The number of nitrogens with two attached hydrogens (primary N) is 1. The Morgan fingerprint density at radius 1 is 0.895 bits per heavy atom. The van der Waals surface area contributed by atoms with Gasteiger partial charge in [0.1, 0.15) is 0 Å². The first-order chi connectivity index (χ1) is 8.43. The van der Waals surface area contributed by atoms with Gasteiger partial charge in [0.25, 0.3) is 0 Å². The van der Waals surface area contributed by atoms with Crippen molar-refractivity contribution < 1.29 is 5.11 Å². The molecule has 108 valence electrons. The Labute approximate surface area is 118 Å². The van der Waals surface area contributed by atoms with Gasteiger partial charge in [-0.15, -0.1) is 0 Å². The van der Waals surface area contributed by atoms with Crippen LogP contribution in [0, 0.1) is 0 Å². The van der Waals surface area contributed by atoms with E-state index in [0.29, 0.717) is 0 Å². The third-order valence-electron chi connectivity index (χ3n) is 3.53. The smallest absolute Gasteiger partial charge is 0.0938 e. The molecule has 0 heterocycles. The molecule has 2 nitrogen and oxygen atoms in total. The largest absolute Gasteiger partial charge is 0.387 e. The number of hydrogen-bond acceptors (Lipinski definition) is 2. The van der Waals surface area contributed by atoms with Crippen LogP contribution in [0.1, 0.15) is 71.3 Å². The lowest BCUT2D eigenvalue weighted by Gasteiger charge is -2.28. The van der Waals surface area contributed by atoms with Gasteiger partial charge in [0.2, 0.25) is 0 Å². The zero-order chi connectivity index (χ0) is 15.0. The quantitative estimate of drug-likeness (QED) is 0.855. The first kappa shape index (κ1) is 16.2. The van der Waals surface area contributed by atoms with Crippen molar-refractivity contribution in [1.82, 2.24) is 0 Å². The van der Waals surface area contributed by atoms with Gasteiger partial charge in [-0.2, -0.15) is 0 Å². The van der Waals surface area contributed by atoms with Gasteiger partial charge in [-0.05, 0) is 34.4 Å². The fraction of sp³-hybridized carbons (Fsp3) is 0.647. The van der Waals surface area contributed by atoms with Crippen molar-refractivity contribution in [2.24, 2.45) is 5.73 Å². The molecule has 0 fully saturated rings. The summed E-state index contributed by atoms with van der Waals surface area (Å²) >= 11 is 0. The van der Waals surface area contributed by atoms with Crippen LogP contribution in [0.2, 0.25) is 0 Å². The topological polar surface area (TPSA) is 46.2 Å². The Bertz CT molecular complexity index is 403. The molecule has 0 saturated heterocycles. The average molecular weight is 263 g/mol. The fourth-order valence-corrected chi connectivity index (χ4v) is 1.99. The second kappa shape index (κ2) is 5.26. The lowest BCUT2D eigenvalue weighted by Crippen LogP contribution is -2.26. The molecule has 0 aromatic heterocycles. The Balaban J connectivity index is 3.41. The van der Waals surface area contributed by atoms with Gasteiger partial charge in [-0.3, -0.25) is 0 Å². The van der Waals surface area contributed by atoms with Gasteiger partial charge in [-0.1, -0.05) is 59.7 Å². The first-order valence-electron chi connectivity index (χ1n) is 7.02. The highest BCUT2D eigenvalue weighted by atomic mass is 16.3. The second-order valence-corrected chi connectivity index (χ2v) is 7.65. The van der Waals surface area contributed by atoms with E-state index in [-0.39, 0.29) is 16.9 Å². The van der Waals surface area contributed by atoms with Crippen molar-refractivity contribution >= 4 is 0 Å². The molecular formula is C17H29NO. The minimum Gasteiger partial charge on any atom is -0.387 e. The molecule has 3 N–H and O–H groups in total. The van der Waals surface area contributed by atoms with Crippen molar-refractivity contribution in [1.29, 1.82) is 0 Å². The highest BCUT2D eigenvalue weighted by Gasteiger charge is 2.23.